The smallest absolute Gasteiger partial charge is 0.339 e. The summed E-state index contributed by atoms with van der Waals surface area (Å²) < 4.78 is 64.1. The number of carbonyl (C=O) groups excluding carboxylic acids is 2. The Labute approximate surface area is 192 Å². The molecule has 1 fully saturated rings. The summed E-state index contributed by atoms with van der Waals surface area (Å²) in [5, 5.41) is 0. The van der Waals surface area contributed by atoms with Crippen LogP contribution in [0, 0.1) is 6.92 Å². The van der Waals surface area contributed by atoms with Crippen molar-refractivity contribution < 1.29 is 35.9 Å². The normalized spacial score (nSPS) is 15.7. The summed E-state index contributed by atoms with van der Waals surface area (Å²) >= 11 is 0. The van der Waals surface area contributed by atoms with Gasteiger partial charge in [-0.3, -0.25) is 0 Å². The van der Waals surface area contributed by atoms with E-state index >= 15 is 0 Å². The largest absolute Gasteiger partial charge is 0.465 e. The molecule has 0 bridgehead atoms. The van der Waals surface area contributed by atoms with E-state index in [-0.39, 0.29) is 42.2 Å². The molecule has 0 saturated carbocycles. The van der Waals surface area contributed by atoms with Crippen molar-refractivity contribution in [2.45, 2.75) is 16.7 Å². The van der Waals surface area contributed by atoms with Crippen molar-refractivity contribution in [3.05, 3.63) is 59.2 Å². The molecular weight excluding hydrogens is 472 g/mol. The van der Waals surface area contributed by atoms with Gasteiger partial charge in [0.25, 0.3) is 0 Å². The highest BCUT2D eigenvalue weighted by Crippen LogP contribution is 2.26. The summed E-state index contributed by atoms with van der Waals surface area (Å²) in [5.74, 6) is -1.65. The molecule has 0 N–H and O–H groups in total. The van der Waals surface area contributed by atoms with Gasteiger partial charge in [-0.25, -0.2) is 26.4 Å². The van der Waals surface area contributed by atoms with Crippen molar-refractivity contribution >= 4 is 32.0 Å². The fourth-order valence-electron chi connectivity index (χ4n) is 3.41. The van der Waals surface area contributed by atoms with Gasteiger partial charge < -0.3 is 9.47 Å². The zero-order valence-electron chi connectivity index (χ0n) is 18.3. The van der Waals surface area contributed by atoms with Crippen molar-refractivity contribution in [2.24, 2.45) is 0 Å². The van der Waals surface area contributed by atoms with Crippen LogP contribution in [0.5, 0.6) is 0 Å². The number of esters is 2. The van der Waals surface area contributed by atoms with Crippen LogP contribution in [0.4, 0.5) is 0 Å². The van der Waals surface area contributed by atoms with Gasteiger partial charge in [0.15, 0.2) is 0 Å². The fraction of sp³-hybridized carbons (Fsp3) is 0.333. The van der Waals surface area contributed by atoms with Gasteiger partial charge in [-0.2, -0.15) is 8.61 Å². The number of nitrogens with zero attached hydrogens (tertiary/aromatic N) is 2. The van der Waals surface area contributed by atoms with E-state index in [0.29, 0.717) is 0 Å². The minimum absolute atomic E-state index is 0.0516. The molecule has 2 aromatic carbocycles. The van der Waals surface area contributed by atoms with E-state index in [0.717, 1.165) is 30.2 Å². The van der Waals surface area contributed by atoms with E-state index in [2.05, 4.69) is 9.47 Å². The van der Waals surface area contributed by atoms with Crippen molar-refractivity contribution in [3.8, 4) is 0 Å². The number of hydrogen-bond donors (Lipinski definition) is 0. The molecule has 0 aromatic heterocycles. The highest BCUT2D eigenvalue weighted by molar-refractivity contribution is 7.89. The molecule has 1 saturated heterocycles. The highest BCUT2D eigenvalue weighted by atomic mass is 32.2. The van der Waals surface area contributed by atoms with Gasteiger partial charge in [-0.05, 0) is 37.3 Å². The topological polar surface area (TPSA) is 127 Å². The Bertz CT molecular complexity index is 1260. The maximum Gasteiger partial charge on any atom is 0.339 e. The molecule has 0 aliphatic carbocycles. The van der Waals surface area contributed by atoms with Crippen LogP contribution in [0.1, 0.15) is 26.3 Å². The number of aryl methyl sites for hydroxylation is 1. The molecule has 178 valence electrons. The Morgan fingerprint density at radius 1 is 0.758 bits per heavy atom. The second-order valence-electron chi connectivity index (χ2n) is 7.32. The summed E-state index contributed by atoms with van der Waals surface area (Å²) in [6.07, 6.45) is 0. The Kier molecular flexibility index (Phi) is 7.22. The molecule has 12 heteroatoms. The molecule has 0 unspecified atom stereocenters. The van der Waals surface area contributed by atoms with E-state index in [1.807, 2.05) is 6.92 Å². The predicted molar refractivity (Wildman–Crippen MR) is 118 cm³/mol. The van der Waals surface area contributed by atoms with Crippen LogP contribution in [0.3, 0.4) is 0 Å². The Hall–Kier alpha value is -2.80. The van der Waals surface area contributed by atoms with Gasteiger partial charge in [0.05, 0.1) is 35.1 Å². The Balaban J connectivity index is 1.88. The Morgan fingerprint density at radius 2 is 1.27 bits per heavy atom. The second kappa shape index (κ2) is 9.59. The molecule has 33 heavy (non-hydrogen) atoms. The van der Waals surface area contributed by atoms with E-state index < -0.39 is 36.9 Å². The first-order valence-corrected chi connectivity index (χ1v) is 12.8. The predicted octanol–water partition coefficient (Wildman–Crippen LogP) is 1.26. The average Bonchev–Trinajstić information content (AvgIpc) is 2.83. The minimum atomic E-state index is -4.25. The first-order chi connectivity index (χ1) is 15.5. The fourth-order valence-corrected chi connectivity index (χ4v) is 6.46. The first-order valence-electron chi connectivity index (χ1n) is 9.90. The van der Waals surface area contributed by atoms with Crippen LogP contribution < -0.4 is 0 Å². The number of hydrogen-bond acceptors (Lipinski definition) is 8. The van der Waals surface area contributed by atoms with E-state index in [1.165, 1.54) is 28.6 Å². The number of sulfonamides is 2. The lowest BCUT2D eigenvalue weighted by Crippen LogP contribution is -2.50. The summed E-state index contributed by atoms with van der Waals surface area (Å²) in [6.45, 7) is 1.45. The van der Waals surface area contributed by atoms with E-state index in [9.17, 15) is 26.4 Å². The molecule has 1 heterocycles. The number of ether oxygens (including phenoxy) is 2. The van der Waals surface area contributed by atoms with Crippen LogP contribution in [-0.4, -0.2) is 77.8 Å². The molecule has 1 aliphatic rings. The molecule has 0 radical (unpaired) electrons. The zero-order valence-corrected chi connectivity index (χ0v) is 20.0. The molecular formula is C21H24N2O8S2. The van der Waals surface area contributed by atoms with Crippen molar-refractivity contribution in [2.75, 3.05) is 40.4 Å². The van der Waals surface area contributed by atoms with Gasteiger partial charge in [0.1, 0.15) is 0 Å². The summed E-state index contributed by atoms with van der Waals surface area (Å²) in [4.78, 5) is 23.8. The molecule has 2 aromatic rings. The van der Waals surface area contributed by atoms with Gasteiger partial charge >= 0.3 is 11.9 Å². The molecule has 10 nitrogen and oxygen atoms in total. The lowest BCUT2D eigenvalue weighted by atomic mass is 10.1. The number of piperazine rings is 1. The zero-order chi connectivity index (χ0) is 24.4. The number of benzene rings is 2. The summed E-state index contributed by atoms with van der Waals surface area (Å²) in [7, 11) is -5.77. The van der Waals surface area contributed by atoms with Gasteiger partial charge in [0.2, 0.25) is 20.0 Å². The number of rotatable bonds is 6. The standard InChI is InChI=1S/C21H24N2O8S2/c1-15-4-7-17(8-5-15)32(26,27)22-10-12-23(13-11-22)33(28,29)19-14-16(20(24)30-2)6-9-18(19)21(25)31-3/h4-9,14H,10-13H2,1-3H3. The highest BCUT2D eigenvalue weighted by Gasteiger charge is 2.36. The maximum atomic E-state index is 13.4. The van der Waals surface area contributed by atoms with Crippen LogP contribution in [0.15, 0.2) is 52.3 Å². The van der Waals surface area contributed by atoms with Crippen LogP contribution in [-0.2, 0) is 29.5 Å². The second-order valence-corrected chi connectivity index (χ2v) is 11.2. The quantitative estimate of drug-likeness (QED) is 0.547. The molecule has 0 amide bonds. The average molecular weight is 497 g/mol. The van der Waals surface area contributed by atoms with E-state index in [4.69, 9.17) is 0 Å². The van der Waals surface area contributed by atoms with Crippen molar-refractivity contribution in [1.82, 2.24) is 8.61 Å². The van der Waals surface area contributed by atoms with Crippen LogP contribution in [0.25, 0.3) is 0 Å². The minimum Gasteiger partial charge on any atom is -0.465 e. The molecule has 0 atom stereocenters. The SMILES string of the molecule is COC(=O)c1ccc(C(=O)OC)c(S(=O)(=O)N2CCN(S(=O)(=O)c3ccc(C)cc3)CC2)c1. The van der Waals surface area contributed by atoms with Crippen LogP contribution in [0.2, 0.25) is 0 Å². The van der Waals surface area contributed by atoms with Crippen molar-refractivity contribution in [3.63, 3.8) is 0 Å². The Morgan fingerprint density at radius 3 is 1.79 bits per heavy atom. The van der Waals surface area contributed by atoms with Gasteiger partial charge in [-0.15, -0.1) is 0 Å². The molecule has 3 rings (SSSR count). The lowest BCUT2D eigenvalue weighted by molar-refractivity contribution is 0.0583. The van der Waals surface area contributed by atoms with Gasteiger partial charge in [0, 0.05) is 26.2 Å². The third-order valence-corrected chi connectivity index (χ3v) is 9.13. The van der Waals surface area contributed by atoms with Gasteiger partial charge in [-0.1, -0.05) is 17.7 Å². The summed E-state index contributed by atoms with van der Waals surface area (Å²) in [6, 6.07) is 9.91. The van der Waals surface area contributed by atoms with E-state index in [1.54, 1.807) is 12.1 Å². The van der Waals surface area contributed by atoms with Crippen molar-refractivity contribution in [1.29, 1.82) is 0 Å². The molecule has 1 aliphatic heterocycles. The third-order valence-electron chi connectivity index (χ3n) is 5.28. The number of methoxy groups -OCH3 is 2. The molecule has 0 spiro atoms. The monoisotopic (exact) mass is 496 g/mol. The van der Waals surface area contributed by atoms with Crippen LogP contribution >= 0.6 is 0 Å². The first kappa shape index (κ1) is 24.8. The summed E-state index contributed by atoms with van der Waals surface area (Å²) in [5.41, 5.74) is 0.629. The maximum absolute atomic E-state index is 13.4. The lowest BCUT2D eigenvalue weighted by Gasteiger charge is -2.33. The number of carbonyl (C=O) groups is 2. The third kappa shape index (κ3) is 4.93.